The molecule has 1 atom stereocenters. The number of nitrogens with one attached hydrogen (secondary N) is 2. The summed E-state index contributed by atoms with van der Waals surface area (Å²) in [6.45, 7) is 3.96. The van der Waals surface area contributed by atoms with Crippen molar-refractivity contribution in [1.29, 1.82) is 0 Å². The van der Waals surface area contributed by atoms with E-state index in [9.17, 15) is 4.79 Å². The average molecular weight is 292 g/mol. The lowest BCUT2D eigenvalue weighted by Crippen LogP contribution is -2.35. The maximum atomic E-state index is 11.8. The van der Waals surface area contributed by atoms with Gasteiger partial charge in [-0.1, -0.05) is 18.6 Å². The second-order valence-electron chi connectivity index (χ2n) is 5.13. The van der Waals surface area contributed by atoms with Crippen LogP contribution in [0.5, 0.6) is 5.75 Å². The first-order valence-corrected chi connectivity index (χ1v) is 7.68. The molecule has 116 valence electrons. The molecule has 5 heteroatoms. The number of piperidine rings is 1. The molecular formula is C16H24N2O3. The largest absolute Gasteiger partial charge is 0.492 e. The molecule has 1 amide bonds. The van der Waals surface area contributed by atoms with Gasteiger partial charge in [0, 0.05) is 6.04 Å². The van der Waals surface area contributed by atoms with Crippen LogP contribution in [0.3, 0.4) is 0 Å². The number of hydrogen-bond donors (Lipinski definition) is 2. The number of rotatable bonds is 6. The molecular weight excluding hydrogens is 268 g/mol. The molecule has 0 aromatic heterocycles. The van der Waals surface area contributed by atoms with Crippen LogP contribution in [0.25, 0.3) is 0 Å². The van der Waals surface area contributed by atoms with Gasteiger partial charge in [-0.2, -0.15) is 0 Å². The van der Waals surface area contributed by atoms with E-state index in [4.69, 9.17) is 9.47 Å². The van der Waals surface area contributed by atoms with Crippen molar-refractivity contribution in [3.05, 3.63) is 24.3 Å². The van der Waals surface area contributed by atoms with Crippen LogP contribution in [0.4, 0.5) is 10.5 Å². The number of amides is 1. The van der Waals surface area contributed by atoms with Crippen LogP contribution < -0.4 is 15.4 Å². The van der Waals surface area contributed by atoms with Gasteiger partial charge >= 0.3 is 6.09 Å². The molecule has 1 unspecified atom stereocenters. The number of hydrogen-bond acceptors (Lipinski definition) is 4. The molecule has 0 radical (unpaired) electrons. The number of anilines is 1. The van der Waals surface area contributed by atoms with E-state index in [0.29, 0.717) is 30.7 Å². The van der Waals surface area contributed by atoms with Gasteiger partial charge in [0.1, 0.15) is 5.75 Å². The van der Waals surface area contributed by atoms with E-state index in [1.165, 1.54) is 12.8 Å². The van der Waals surface area contributed by atoms with Crippen molar-refractivity contribution in [2.24, 2.45) is 0 Å². The third-order valence-electron chi connectivity index (χ3n) is 3.54. The van der Waals surface area contributed by atoms with Crippen molar-refractivity contribution in [3.63, 3.8) is 0 Å². The first kappa shape index (κ1) is 15.6. The highest BCUT2D eigenvalue weighted by Gasteiger charge is 2.13. The Kier molecular flexibility index (Phi) is 6.34. The Morgan fingerprint density at radius 2 is 2.24 bits per heavy atom. The summed E-state index contributed by atoms with van der Waals surface area (Å²) in [4.78, 5) is 11.8. The van der Waals surface area contributed by atoms with Crippen LogP contribution in [0.15, 0.2) is 24.3 Å². The number of benzene rings is 1. The standard InChI is InChI=1S/C16H24N2O3/c1-2-20-15-9-4-3-8-14(15)18-16(19)21-12-10-13-7-5-6-11-17-13/h3-4,8-9,13,17H,2,5-7,10-12H2,1H3,(H,18,19). The zero-order chi connectivity index (χ0) is 14.9. The maximum Gasteiger partial charge on any atom is 0.411 e. The van der Waals surface area contributed by atoms with Crippen molar-refractivity contribution in [2.75, 3.05) is 25.1 Å². The highest BCUT2D eigenvalue weighted by Crippen LogP contribution is 2.23. The fourth-order valence-corrected chi connectivity index (χ4v) is 2.46. The summed E-state index contributed by atoms with van der Waals surface area (Å²) in [5, 5.41) is 6.16. The molecule has 21 heavy (non-hydrogen) atoms. The molecule has 1 aliphatic rings. The molecule has 1 saturated heterocycles. The smallest absolute Gasteiger partial charge is 0.411 e. The molecule has 1 aliphatic heterocycles. The Hall–Kier alpha value is -1.75. The first-order valence-electron chi connectivity index (χ1n) is 7.68. The van der Waals surface area contributed by atoms with Crippen molar-refractivity contribution in [3.8, 4) is 5.75 Å². The summed E-state index contributed by atoms with van der Waals surface area (Å²) in [5.41, 5.74) is 0.639. The number of ether oxygens (including phenoxy) is 2. The van der Waals surface area contributed by atoms with E-state index in [-0.39, 0.29) is 0 Å². The minimum absolute atomic E-state index is 0.431. The number of carbonyl (C=O) groups is 1. The Balaban J connectivity index is 1.73. The Morgan fingerprint density at radius 3 is 3.00 bits per heavy atom. The van der Waals surface area contributed by atoms with E-state index in [1.54, 1.807) is 6.07 Å². The Morgan fingerprint density at radius 1 is 1.38 bits per heavy atom. The Bertz CT molecular complexity index is 445. The second-order valence-corrected chi connectivity index (χ2v) is 5.13. The van der Waals surface area contributed by atoms with Gasteiger partial charge < -0.3 is 14.8 Å². The summed E-state index contributed by atoms with van der Waals surface area (Å²) >= 11 is 0. The van der Waals surface area contributed by atoms with Crippen LogP contribution in [0.2, 0.25) is 0 Å². The SMILES string of the molecule is CCOc1ccccc1NC(=O)OCCC1CCCCN1. The molecule has 5 nitrogen and oxygen atoms in total. The van der Waals surface area contributed by atoms with Gasteiger partial charge in [0.05, 0.1) is 18.9 Å². The van der Waals surface area contributed by atoms with Gasteiger partial charge in [0.25, 0.3) is 0 Å². The maximum absolute atomic E-state index is 11.8. The van der Waals surface area contributed by atoms with Crippen LogP contribution in [0.1, 0.15) is 32.6 Å². The van der Waals surface area contributed by atoms with Crippen molar-refractivity contribution >= 4 is 11.8 Å². The van der Waals surface area contributed by atoms with Crippen LogP contribution >= 0.6 is 0 Å². The molecule has 1 fully saturated rings. The van der Waals surface area contributed by atoms with Gasteiger partial charge in [0.2, 0.25) is 0 Å². The van der Waals surface area contributed by atoms with E-state index in [0.717, 1.165) is 19.4 Å². The fourth-order valence-electron chi connectivity index (χ4n) is 2.46. The normalized spacial score (nSPS) is 18.0. The molecule has 0 saturated carbocycles. The Labute approximate surface area is 126 Å². The molecule has 2 rings (SSSR count). The second kappa shape index (κ2) is 8.52. The quantitative estimate of drug-likeness (QED) is 0.845. The number of para-hydroxylation sites is 2. The van der Waals surface area contributed by atoms with Crippen molar-refractivity contribution in [2.45, 2.75) is 38.6 Å². The summed E-state index contributed by atoms with van der Waals surface area (Å²) in [6.07, 6.45) is 4.09. The van der Waals surface area contributed by atoms with Gasteiger partial charge in [-0.15, -0.1) is 0 Å². The first-order chi connectivity index (χ1) is 10.3. The summed E-state index contributed by atoms with van der Waals surface area (Å²) in [6, 6.07) is 7.82. The zero-order valence-corrected chi connectivity index (χ0v) is 12.6. The third-order valence-corrected chi connectivity index (χ3v) is 3.54. The van der Waals surface area contributed by atoms with E-state index < -0.39 is 6.09 Å². The lowest BCUT2D eigenvalue weighted by Gasteiger charge is -2.23. The lowest BCUT2D eigenvalue weighted by atomic mass is 10.0. The molecule has 1 heterocycles. The molecule has 0 bridgehead atoms. The van der Waals surface area contributed by atoms with Crippen molar-refractivity contribution < 1.29 is 14.3 Å². The molecule has 1 aromatic carbocycles. The summed E-state index contributed by atoms with van der Waals surface area (Å²) < 4.78 is 10.7. The van der Waals surface area contributed by atoms with Crippen molar-refractivity contribution in [1.82, 2.24) is 5.32 Å². The predicted octanol–water partition coefficient (Wildman–Crippen LogP) is 3.17. The van der Waals surface area contributed by atoms with Gasteiger partial charge in [-0.3, -0.25) is 5.32 Å². The zero-order valence-electron chi connectivity index (χ0n) is 12.6. The van der Waals surface area contributed by atoms with Crippen LogP contribution in [0, 0.1) is 0 Å². The van der Waals surface area contributed by atoms with Gasteiger partial charge in [-0.05, 0) is 44.9 Å². The minimum atomic E-state index is -0.432. The summed E-state index contributed by atoms with van der Waals surface area (Å²) in [5.74, 6) is 0.658. The van der Waals surface area contributed by atoms with Gasteiger partial charge in [-0.25, -0.2) is 4.79 Å². The topological polar surface area (TPSA) is 59.6 Å². The predicted molar refractivity (Wildman–Crippen MR) is 82.8 cm³/mol. The third kappa shape index (κ3) is 5.27. The van der Waals surface area contributed by atoms with E-state index in [1.807, 2.05) is 25.1 Å². The summed E-state index contributed by atoms with van der Waals surface area (Å²) in [7, 11) is 0. The minimum Gasteiger partial charge on any atom is -0.492 e. The average Bonchev–Trinajstić information content (AvgIpc) is 2.50. The molecule has 1 aromatic rings. The highest BCUT2D eigenvalue weighted by molar-refractivity contribution is 5.86. The van der Waals surface area contributed by atoms with Gasteiger partial charge in [0.15, 0.2) is 0 Å². The van der Waals surface area contributed by atoms with E-state index >= 15 is 0 Å². The lowest BCUT2D eigenvalue weighted by molar-refractivity contribution is 0.153. The van der Waals surface area contributed by atoms with Crippen LogP contribution in [-0.2, 0) is 4.74 Å². The molecule has 2 N–H and O–H groups in total. The number of carbonyl (C=O) groups excluding carboxylic acids is 1. The molecule has 0 spiro atoms. The van der Waals surface area contributed by atoms with E-state index in [2.05, 4.69) is 10.6 Å². The van der Waals surface area contributed by atoms with Crippen LogP contribution in [-0.4, -0.2) is 31.9 Å². The fraction of sp³-hybridized carbons (Fsp3) is 0.562. The monoisotopic (exact) mass is 292 g/mol. The molecule has 0 aliphatic carbocycles. The highest BCUT2D eigenvalue weighted by atomic mass is 16.5.